The first-order valence-corrected chi connectivity index (χ1v) is 11.0. The number of benzene rings is 1. The second-order valence-corrected chi connectivity index (χ2v) is 7.88. The van der Waals surface area contributed by atoms with Crippen molar-refractivity contribution in [2.45, 2.75) is 11.9 Å². The Morgan fingerprint density at radius 3 is 2.35 bits per heavy atom. The van der Waals surface area contributed by atoms with Crippen molar-refractivity contribution in [1.29, 1.82) is 0 Å². The Hall–Kier alpha value is -3.20. The van der Waals surface area contributed by atoms with Crippen LogP contribution in [0.25, 0.3) is 11.6 Å². The molecule has 7 nitrogen and oxygen atoms in total. The maximum absolute atomic E-state index is 13.4. The van der Waals surface area contributed by atoms with Crippen molar-refractivity contribution in [3.05, 3.63) is 65.3 Å². The number of piperazine rings is 1. The third-order valence-electron chi connectivity index (χ3n) is 5.13. The number of carbonyl (C=O) groups excluding carboxylic acids is 2. The lowest BCUT2D eigenvalue weighted by atomic mass is 10.1. The van der Waals surface area contributed by atoms with Gasteiger partial charge in [-0.1, -0.05) is 6.07 Å². The van der Waals surface area contributed by atoms with Crippen molar-refractivity contribution < 1.29 is 18.4 Å². The van der Waals surface area contributed by atoms with Gasteiger partial charge in [-0.2, -0.15) is 0 Å². The predicted octanol–water partition coefficient (Wildman–Crippen LogP) is 3.50. The van der Waals surface area contributed by atoms with Crippen molar-refractivity contribution in [2.24, 2.45) is 0 Å². The highest BCUT2D eigenvalue weighted by Gasteiger charge is 2.29. The molecule has 0 spiro atoms. The summed E-state index contributed by atoms with van der Waals surface area (Å²) in [4.78, 5) is 38.2. The van der Waals surface area contributed by atoms with Gasteiger partial charge in [-0.15, -0.1) is 11.8 Å². The minimum atomic E-state index is -0.447. The first-order valence-electron chi connectivity index (χ1n) is 9.78. The molecule has 0 unspecified atom stereocenters. The number of amides is 2. The molecule has 0 bridgehead atoms. The molecule has 9 heteroatoms. The van der Waals surface area contributed by atoms with Crippen LogP contribution in [0.5, 0.6) is 0 Å². The topological polar surface area (TPSA) is 79.5 Å². The number of nitrogens with zero attached hydrogens (tertiary/aromatic N) is 4. The number of aromatic nitrogens is 2. The third-order valence-corrected chi connectivity index (χ3v) is 5.81. The fourth-order valence-electron chi connectivity index (χ4n) is 3.53. The number of hydrogen-bond acceptors (Lipinski definition) is 6. The quantitative estimate of drug-likeness (QED) is 0.456. The van der Waals surface area contributed by atoms with Gasteiger partial charge >= 0.3 is 0 Å². The summed E-state index contributed by atoms with van der Waals surface area (Å²) in [5.41, 5.74) is 1.35. The summed E-state index contributed by atoms with van der Waals surface area (Å²) >= 11 is 1.38. The molecule has 0 saturated carbocycles. The normalized spacial score (nSPS) is 14.0. The van der Waals surface area contributed by atoms with Crippen LogP contribution in [0, 0.1) is 12.7 Å². The highest BCUT2D eigenvalue weighted by molar-refractivity contribution is 7.98. The van der Waals surface area contributed by atoms with Crippen molar-refractivity contribution in [1.82, 2.24) is 19.8 Å². The van der Waals surface area contributed by atoms with Crippen LogP contribution in [0.4, 0.5) is 4.39 Å². The Bertz CT molecular complexity index is 1110. The van der Waals surface area contributed by atoms with Crippen molar-refractivity contribution >= 4 is 23.6 Å². The second-order valence-electron chi connectivity index (χ2n) is 7.09. The molecular formula is C22H21FN4O3S. The van der Waals surface area contributed by atoms with Gasteiger partial charge in [0, 0.05) is 31.7 Å². The van der Waals surface area contributed by atoms with E-state index in [1.807, 2.05) is 6.26 Å². The summed E-state index contributed by atoms with van der Waals surface area (Å²) in [5, 5.41) is 0.585. The minimum absolute atomic E-state index is 0.161. The monoisotopic (exact) mass is 440 g/mol. The Morgan fingerprint density at radius 2 is 1.74 bits per heavy atom. The Morgan fingerprint density at radius 1 is 1.03 bits per heavy atom. The molecule has 0 atom stereocenters. The van der Waals surface area contributed by atoms with Gasteiger partial charge in [-0.3, -0.25) is 9.59 Å². The molecular weight excluding hydrogens is 419 g/mol. The van der Waals surface area contributed by atoms with E-state index in [9.17, 15) is 14.0 Å². The summed E-state index contributed by atoms with van der Waals surface area (Å²) in [6, 6.07) is 9.17. The molecule has 1 aliphatic heterocycles. The van der Waals surface area contributed by atoms with E-state index >= 15 is 0 Å². The Labute approximate surface area is 183 Å². The average Bonchev–Trinajstić information content (AvgIpc) is 3.33. The zero-order valence-corrected chi connectivity index (χ0v) is 18.0. The minimum Gasteiger partial charge on any atom is -0.461 e. The SMILES string of the molecule is CSc1nc(-c2ccco2)nc(C)c1C(=O)N1CCN(C(=O)c2cccc(F)c2)CC1. The first kappa shape index (κ1) is 21.0. The van der Waals surface area contributed by atoms with Gasteiger partial charge in [0.25, 0.3) is 11.8 Å². The van der Waals surface area contributed by atoms with Gasteiger partial charge in [0.15, 0.2) is 11.6 Å². The predicted molar refractivity (Wildman–Crippen MR) is 114 cm³/mol. The van der Waals surface area contributed by atoms with Crippen LogP contribution in [0.15, 0.2) is 52.1 Å². The van der Waals surface area contributed by atoms with Gasteiger partial charge in [-0.25, -0.2) is 14.4 Å². The van der Waals surface area contributed by atoms with E-state index in [1.54, 1.807) is 41.2 Å². The van der Waals surface area contributed by atoms with E-state index in [0.29, 0.717) is 59.6 Å². The molecule has 0 N–H and O–H groups in total. The molecule has 3 aromatic rings. The highest BCUT2D eigenvalue weighted by atomic mass is 32.2. The van der Waals surface area contributed by atoms with Gasteiger partial charge in [0.1, 0.15) is 10.8 Å². The number of halogens is 1. The molecule has 1 fully saturated rings. The molecule has 160 valence electrons. The van der Waals surface area contributed by atoms with Gasteiger partial charge < -0.3 is 14.2 Å². The fourth-order valence-corrected chi connectivity index (χ4v) is 4.15. The lowest BCUT2D eigenvalue weighted by molar-refractivity contribution is 0.0532. The molecule has 1 aromatic carbocycles. The zero-order valence-electron chi connectivity index (χ0n) is 17.2. The van der Waals surface area contributed by atoms with Crippen LogP contribution in [0.3, 0.4) is 0 Å². The first-order chi connectivity index (χ1) is 15.0. The number of aryl methyl sites for hydroxylation is 1. The molecule has 0 aliphatic carbocycles. The van der Waals surface area contributed by atoms with Crippen molar-refractivity contribution in [3.8, 4) is 11.6 Å². The second kappa shape index (κ2) is 8.89. The van der Waals surface area contributed by atoms with E-state index in [0.717, 1.165) is 0 Å². The lowest BCUT2D eigenvalue weighted by Crippen LogP contribution is -2.50. The Balaban J connectivity index is 1.49. The van der Waals surface area contributed by atoms with E-state index in [-0.39, 0.29) is 11.8 Å². The van der Waals surface area contributed by atoms with Gasteiger partial charge in [0.05, 0.1) is 17.5 Å². The Kier molecular flexibility index (Phi) is 6.03. The smallest absolute Gasteiger partial charge is 0.258 e. The molecule has 4 rings (SSSR count). The number of furan rings is 1. The fraction of sp³-hybridized carbons (Fsp3) is 0.273. The molecule has 31 heavy (non-hydrogen) atoms. The van der Waals surface area contributed by atoms with Gasteiger partial charge in [-0.05, 0) is 43.5 Å². The number of rotatable bonds is 4. The summed E-state index contributed by atoms with van der Waals surface area (Å²) in [7, 11) is 0. The summed E-state index contributed by atoms with van der Waals surface area (Å²) in [5.74, 6) is 0.137. The van der Waals surface area contributed by atoms with Crippen LogP contribution >= 0.6 is 11.8 Å². The maximum Gasteiger partial charge on any atom is 0.258 e. The van der Waals surface area contributed by atoms with Crippen LogP contribution < -0.4 is 0 Å². The molecule has 1 saturated heterocycles. The van der Waals surface area contributed by atoms with Gasteiger partial charge in [0.2, 0.25) is 0 Å². The van der Waals surface area contributed by atoms with Crippen molar-refractivity contribution in [3.63, 3.8) is 0 Å². The van der Waals surface area contributed by atoms with E-state index in [1.165, 1.54) is 30.0 Å². The molecule has 2 aromatic heterocycles. The van der Waals surface area contributed by atoms with E-state index in [4.69, 9.17) is 4.42 Å². The largest absolute Gasteiger partial charge is 0.461 e. The number of hydrogen-bond donors (Lipinski definition) is 0. The maximum atomic E-state index is 13.4. The third kappa shape index (κ3) is 4.32. The summed E-state index contributed by atoms with van der Waals surface area (Å²) in [6.07, 6.45) is 3.41. The van der Waals surface area contributed by atoms with E-state index in [2.05, 4.69) is 9.97 Å². The average molecular weight is 441 g/mol. The standard InChI is InChI=1S/C22H21FN4O3S/c1-14-18(20(31-2)25-19(24-14)17-7-4-12-30-17)22(29)27-10-8-26(9-11-27)21(28)15-5-3-6-16(23)13-15/h3-7,12-13H,8-11H2,1-2H3. The number of thioether (sulfide) groups is 1. The van der Waals surface area contributed by atoms with Crippen LogP contribution in [-0.2, 0) is 0 Å². The lowest BCUT2D eigenvalue weighted by Gasteiger charge is -2.35. The van der Waals surface area contributed by atoms with Crippen LogP contribution in [0.2, 0.25) is 0 Å². The number of carbonyl (C=O) groups is 2. The van der Waals surface area contributed by atoms with Crippen molar-refractivity contribution in [2.75, 3.05) is 32.4 Å². The highest BCUT2D eigenvalue weighted by Crippen LogP contribution is 2.26. The molecule has 1 aliphatic rings. The molecule has 0 radical (unpaired) electrons. The summed E-state index contributed by atoms with van der Waals surface area (Å²) < 4.78 is 18.8. The van der Waals surface area contributed by atoms with Crippen LogP contribution in [0.1, 0.15) is 26.4 Å². The molecule has 3 heterocycles. The molecule has 2 amide bonds. The van der Waals surface area contributed by atoms with E-state index < -0.39 is 5.82 Å². The van der Waals surface area contributed by atoms with Crippen LogP contribution in [-0.4, -0.2) is 64.0 Å². The zero-order chi connectivity index (χ0) is 22.0. The summed E-state index contributed by atoms with van der Waals surface area (Å²) in [6.45, 7) is 3.30.